The third-order valence-corrected chi connectivity index (χ3v) is 6.00. The lowest BCUT2D eigenvalue weighted by molar-refractivity contribution is 0.102. The summed E-state index contributed by atoms with van der Waals surface area (Å²) < 4.78 is 27.2. The monoisotopic (exact) mass is 387 g/mol. The zero-order valence-electron chi connectivity index (χ0n) is 13.8. The number of benzene rings is 1. The summed E-state index contributed by atoms with van der Waals surface area (Å²) in [6.45, 7) is 0.325. The van der Waals surface area contributed by atoms with Crippen molar-refractivity contribution >= 4 is 33.0 Å². The molecule has 0 unspecified atom stereocenters. The van der Waals surface area contributed by atoms with Crippen LogP contribution in [-0.4, -0.2) is 25.9 Å². The van der Waals surface area contributed by atoms with Crippen molar-refractivity contribution < 1.29 is 13.2 Å². The molecule has 0 radical (unpaired) electrons. The van der Waals surface area contributed by atoms with Crippen LogP contribution in [0.25, 0.3) is 0 Å². The van der Waals surface area contributed by atoms with Gasteiger partial charge in [0.25, 0.3) is 5.91 Å². The van der Waals surface area contributed by atoms with E-state index in [0.717, 1.165) is 4.88 Å². The number of nitrogens with one attached hydrogen (secondary N) is 2. The Bertz CT molecular complexity index is 955. The van der Waals surface area contributed by atoms with Gasteiger partial charge in [-0.25, -0.2) is 13.1 Å². The molecule has 0 aliphatic carbocycles. The summed E-state index contributed by atoms with van der Waals surface area (Å²) in [7, 11) is -3.60. The lowest BCUT2D eigenvalue weighted by atomic mass is 10.2. The number of nitrogens with zero attached hydrogens (tertiary/aromatic N) is 1. The molecule has 0 aliphatic rings. The summed E-state index contributed by atoms with van der Waals surface area (Å²) in [5, 5.41) is 4.66. The molecule has 2 N–H and O–H groups in total. The van der Waals surface area contributed by atoms with Gasteiger partial charge in [-0.05, 0) is 54.3 Å². The summed E-state index contributed by atoms with van der Waals surface area (Å²) in [5.41, 5.74) is 0.941. The molecule has 0 spiro atoms. The van der Waals surface area contributed by atoms with Crippen LogP contribution in [0.15, 0.2) is 71.2 Å². The maximum atomic E-state index is 12.3. The number of thiophene rings is 1. The molecular weight excluding hydrogens is 370 g/mol. The lowest BCUT2D eigenvalue weighted by Crippen LogP contribution is -2.26. The third-order valence-electron chi connectivity index (χ3n) is 3.59. The summed E-state index contributed by atoms with van der Waals surface area (Å²) in [6, 6.07) is 13.2. The van der Waals surface area contributed by atoms with Crippen molar-refractivity contribution in [1.29, 1.82) is 0 Å². The van der Waals surface area contributed by atoms with Gasteiger partial charge in [-0.15, -0.1) is 11.3 Å². The van der Waals surface area contributed by atoms with E-state index in [2.05, 4.69) is 15.0 Å². The molecule has 0 aliphatic heterocycles. The van der Waals surface area contributed by atoms with Crippen molar-refractivity contribution in [2.45, 2.75) is 11.3 Å². The summed E-state index contributed by atoms with van der Waals surface area (Å²) >= 11 is 1.59. The van der Waals surface area contributed by atoms with E-state index in [1.807, 2.05) is 17.5 Å². The largest absolute Gasteiger partial charge is 0.321 e. The van der Waals surface area contributed by atoms with Crippen LogP contribution in [-0.2, 0) is 16.4 Å². The normalized spacial score (nSPS) is 11.2. The maximum Gasteiger partial charge on any atom is 0.255 e. The lowest BCUT2D eigenvalue weighted by Gasteiger charge is -2.08. The fourth-order valence-corrected chi connectivity index (χ4v) is 4.01. The quantitative estimate of drug-likeness (QED) is 0.652. The van der Waals surface area contributed by atoms with E-state index in [9.17, 15) is 13.2 Å². The Hall–Kier alpha value is -2.55. The number of rotatable bonds is 7. The second kappa shape index (κ2) is 8.22. The van der Waals surface area contributed by atoms with Gasteiger partial charge in [0.15, 0.2) is 0 Å². The molecule has 3 rings (SSSR count). The third kappa shape index (κ3) is 4.75. The number of carbonyl (C=O) groups is 1. The minimum Gasteiger partial charge on any atom is -0.321 e. The Kier molecular flexibility index (Phi) is 5.77. The predicted octanol–water partition coefficient (Wildman–Crippen LogP) is 2.92. The molecule has 0 saturated heterocycles. The zero-order valence-corrected chi connectivity index (χ0v) is 15.4. The molecule has 134 valence electrons. The first-order valence-corrected chi connectivity index (χ1v) is 10.2. The van der Waals surface area contributed by atoms with Gasteiger partial charge >= 0.3 is 0 Å². The minimum absolute atomic E-state index is 0.126. The van der Waals surface area contributed by atoms with Crippen molar-refractivity contribution in [2.24, 2.45) is 0 Å². The predicted molar refractivity (Wildman–Crippen MR) is 102 cm³/mol. The molecule has 26 heavy (non-hydrogen) atoms. The Morgan fingerprint density at radius 1 is 1.08 bits per heavy atom. The van der Waals surface area contributed by atoms with Gasteiger partial charge in [0.1, 0.15) is 0 Å². The smallest absolute Gasteiger partial charge is 0.255 e. The highest BCUT2D eigenvalue weighted by atomic mass is 32.2. The van der Waals surface area contributed by atoms with Crippen molar-refractivity contribution in [3.63, 3.8) is 0 Å². The topological polar surface area (TPSA) is 88.2 Å². The van der Waals surface area contributed by atoms with Crippen molar-refractivity contribution in [3.05, 3.63) is 76.7 Å². The minimum atomic E-state index is -3.60. The second-order valence-corrected chi connectivity index (χ2v) is 8.25. The van der Waals surface area contributed by atoms with E-state index in [-0.39, 0.29) is 10.8 Å². The Morgan fingerprint density at radius 3 is 2.54 bits per heavy atom. The average Bonchev–Trinajstić information content (AvgIpc) is 3.16. The van der Waals surface area contributed by atoms with Crippen LogP contribution in [0, 0.1) is 0 Å². The zero-order chi connectivity index (χ0) is 18.4. The number of hydrogen-bond acceptors (Lipinski definition) is 5. The highest BCUT2D eigenvalue weighted by Crippen LogP contribution is 2.13. The van der Waals surface area contributed by atoms with Crippen LogP contribution in [0.2, 0.25) is 0 Å². The fraction of sp³-hybridized carbons (Fsp3) is 0.111. The van der Waals surface area contributed by atoms with Gasteiger partial charge in [0, 0.05) is 23.2 Å². The van der Waals surface area contributed by atoms with E-state index in [1.54, 1.807) is 29.7 Å². The van der Waals surface area contributed by atoms with Crippen LogP contribution >= 0.6 is 11.3 Å². The molecule has 0 saturated carbocycles. The maximum absolute atomic E-state index is 12.3. The molecule has 2 aromatic heterocycles. The van der Waals surface area contributed by atoms with Crippen molar-refractivity contribution in [3.8, 4) is 0 Å². The first-order valence-electron chi connectivity index (χ1n) is 7.88. The molecule has 1 amide bonds. The number of amides is 1. The Balaban J connectivity index is 1.61. The molecule has 8 heteroatoms. The molecule has 1 aromatic carbocycles. The summed E-state index contributed by atoms with van der Waals surface area (Å²) in [5.74, 6) is -0.326. The molecule has 0 bridgehead atoms. The highest BCUT2D eigenvalue weighted by molar-refractivity contribution is 7.89. The van der Waals surface area contributed by atoms with Gasteiger partial charge in [0.2, 0.25) is 10.0 Å². The number of aromatic nitrogens is 1. The fourth-order valence-electron chi connectivity index (χ4n) is 2.27. The van der Waals surface area contributed by atoms with Gasteiger partial charge in [-0.2, -0.15) is 0 Å². The first kappa shape index (κ1) is 18.2. The molecule has 6 nitrogen and oxygen atoms in total. The van der Waals surface area contributed by atoms with E-state index in [1.165, 1.54) is 30.5 Å². The number of carbonyl (C=O) groups excluding carboxylic acids is 1. The molecule has 3 aromatic rings. The van der Waals surface area contributed by atoms with E-state index in [0.29, 0.717) is 24.2 Å². The second-order valence-electron chi connectivity index (χ2n) is 5.45. The van der Waals surface area contributed by atoms with Crippen LogP contribution < -0.4 is 10.0 Å². The summed E-state index contributed by atoms with van der Waals surface area (Å²) in [6.07, 6.45) is 3.79. The van der Waals surface area contributed by atoms with Gasteiger partial charge in [-0.3, -0.25) is 9.78 Å². The molecule has 2 heterocycles. The Morgan fingerprint density at radius 2 is 1.88 bits per heavy atom. The van der Waals surface area contributed by atoms with Crippen LogP contribution in [0.1, 0.15) is 15.2 Å². The first-order chi connectivity index (χ1) is 12.5. The molecule has 0 atom stereocenters. The SMILES string of the molecule is O=C(Nc1cccnc1)c1ccc(S(=O)(=O)NCCc2cccs2)cc1. The van der Waals surface area contributed by atoms with Crippen LogP contribution in [0.5, 0.6) is 0 Å². The van der Waals surface area contributed by atoms with Gasteiger partial charge in [0.05, 0.1) is 16.8 Å². The van der Waals surface area contributed by atoms with Crippen molar-refractivity contribution in [1.82, 2.24) is 9.71 Å². The van der Waals surface area contributed by atoms with E-state index in [4.69, 9.17) is 0 Å². The number of pyridine rings is 1. The number of anilines is 1. The van der Waals surface area contributed by atoms with Crippen molar-refractivity contribution in [2.75, 3.05) is 11.9 Å². The van der Waals surface area contributed by atoms with E-state index >= 15 is 0 Å². The Labute approximate surface area is 156 Å². The van der Waals surface area contributed by atoms with E-state index < -0.39 is 10.0 Å². The number of sulfonamides is 1. The van der Waals surface area contributed by atoms with Gasteiger partial charge in [-0.1, -0.05) is 6.07 Å². The van der Waals surface area contributed by atoms with Crippen LogP contribution in [0.3, 0.4) is 0 Å². The van der Waals surface area contributed by atoms with Crippen LogP contribution in [0.4, 0.5) is 5.69 Å². The number of hydrogen-bond donors (Lipinski definition) is 2. The highest BCUT2D eigenvalue weighted by Gasteiger charge is 2.14. The molecule has 0 fully saturated rings. The standard InChI is InChI=1S/C18H17N3O3S2/c22-18(21-15-3-1-10-19-13-15)14-5-7-17(8-6-14)26(23,24)20-11-9-16-4-2-12-25-16/h1-8,10,12-13,20H,9,11H2,(H,21,22). The van der Waals surface area contributed by atoms with Gasteiger partial charge < -0.3 is 5.32 Å². The average molecular weight is 387 g/mol. The molecular formula is C18H17N3O3S2. The summed E-state index contributed by atoms with van der Waals surface area (Å²) in [4.78, 5) is 17.3.